The topological polar surface area (TPSA) is 118 Å². The lowest BCUT2D eigenvalue weighted by atomic mass is 9.78. The van der Waals surface area contributed by atoms with Crippen LogP contribution >= 0.6 is 11.8 Å². The number of hydrogen-bond donors (Lipinski definition) is 2. The number of nitrogens with zero attached hydrogens (tertiary/aromatic N) is 1. The molecular weight excluding hydrogens is 499 g/mol. The summed E-state index contributed by atoms with van der Waals surface area (Å²) in [6, 6.07) is 12.9. The van der Waals surface area contributed by atoms with Crippen molar-refractivity contribution in [1.82, 2.24) is 5.32 Å². The molecule has 188 valence electrons. The molecule has 0 bridgehead atoms. The van der Waals surface area contributed by atoms with Crippen LogP contribution in [0.2, 0.25) is 0 Å². The number of rotatable bonds is 7. The van der Waals surface area contributed by atoms with E-state index in [4.69, 9.17) is 9.47 Å². The molecule has 2 aromatic carbocycles. The third-order valence-electron chi connectivity index (χ3n) is 5.31. The molecule has 0 radical (unpaired) electrons. The number of para-hydroxylation sites is 1. The van der Waals surface area contributed by atoms with Crippen LogP contribution in [0.25, 0.3) is 0 Å². The Balaban J connectivity index is 1.89. The Hall–Kier alpha value is -3.98. The minimum Gasteiger partial charge on any atom is -0.497 e. The van der Waals surface area contributed by atoms with Crippen molar-refractivity contribution in [2.75, 3.05) is 25.3 Å². The lowest BCUT2D eigenvalue weighted by Gasteiger charge is -2.31. The number of allylic oxidation sites excluding steroid dienone is 1. The van der Waals surface area contributed by atoms with Crippen molar-refractivity contribution >= 4 is 35.2 Å². The van der Waals surface area contributed by atoms with Crippen LogP contribution < -0.4 is 15.4 Å². The van der Waals surface area contributed by atoms with Crippen molar-refractivity contribution in [3.05, 3.63) is 70.3 Å². The molecule has 0 spiro atoms. The molecule has 2 unspecified atom stereocenters. The van der Waals surface area contributed by atoms with E-state index < -0.39 is 52.8 Å². The zero-order chi connectivity index (χ0) is 26.5. The van der Waals surface area contributed by atoms with Gasteiger partial charge >= 0.3 is 12.1 Å². The molecule has 1 heterocycles. The van der Waals surface area contributed by atoms with Gasteiger partial charge in [-0.15, -0.1) is 0 Å². The largest absolute Gasteiger partial charge is 0.497 e. The van der Waals surface area contributed by atoms with E-state index in [0.29, 0.717) is 11.3 Å². The van der Waals surface area contributed by atoms with E-state index in [1.165, 1.54) is 19.2 Å². The maximum Gasteiger partial charge on any atom is 0.418 e. The van der Waals surface area contributed by atoms with E-state index in [1.807, 2.05) is 6.07 Å². The summed E-state index contributed by atoms with van der Waals surface area (Å²) < 4.78 is 49.5. The number of esters is 1. The fourth-order valence-corrected chi connectivity index (χ4v) is 4.50. The maximum atomic E-state index is 13.2. The van der Waals surface area contributed by atoms with Gasteiger partial charge in [-0.05, 0) is 29.8 Å². The Morgan fingerprint density at radius 2 is 1.81 bits per heavy atom. The second-order valence-corrected chi connectivity index (χ2v) is 8.46. The number of amides is 2. The highest BCUT2D eigenvalue weighted by Crippen LogP contribution is 2.41. The number of hydrogen-bond acceptors (Lipinski definition) is 7. The molecule has 2 atom stereocenters. The molecule has 36 heavy (non-hydrogen) atoms. The van der Waals surface area contributed by atoms with Gasteiger partial charge in [-0.1, -0.05) is 36.0 Å². The number of halogens is 3. The molecule has 0 saturated heterocycles. The first-order chi connectivity index (χ1) is 17.1. The first-order valence-electron chi connectivity index (χ1n) is 10.4. The fraction of sp³-hybridized carbons (Fsp3) is 0.250. The van der Waals surface area contributed by atoms with Crippen molar-refractivity contribution in [3.8, 4) is 11.8 Å². The quantitative estimate of drug-likeness (QED) is 0.422. The Morgan fingerprint density at radius 1 is 1.14 bits per heavy atom. The highest BCUT2D eigenvalue weighted by Gasteiger charge is 2.44. The molecule has 8 nitrogen and oxygen atoms in total. The van der Waals surface area contributed by atoms with E-state index in [1.54, 1.807) is 24.3 Å². The minimum atomic E-state index is -4.67. The number of alkyl halides is 3. The fourth-order valence-electron chi connectivity index (χ4n) is 3.65. The second kappa shape index (κ2) is 11.2. The first kappa shape index (κ1) is 26.6. The van der Waals surface area contributed by atoms with Gasteiger partial charge in [0.25, 0.3) is 0 Å². The van der Waals surface area contributed by atoms with Crippen molar-refractivity contribution in [1.29, 1.82) is 5.26 Å². The van der Waals surface area contributed by atoms with Crippen molar-refractivity contribution in [2.45, 2.75) is 12.1 Å². The molecule has 2 N–H and O–H groups in total. The summed E-state index contributed by atoms with van der Waals surface area (Å²) in [4.78, 5) is 37.7. The zero-order valence-electron chi connectivity index (χ0n) is 19.0. The molecule has 1 aliphatic rings. The van der Waals surface area contributed by atoms with Gasteiger partial charge in [0.1, 0.15) is 11.7 Å². The normalized spacial score (nSPS) is 17.6. The number of carbonyl (C=O) groups excluding carboxylic acids is 3. The highest BCUT2D eigenvalue weighted by atomic mass is 32.2. The van der Waals surface area contributed by atoms with Crippen molar-refractivity contribution < 1.29 is 37.0 Å². The Kier molecular flexibility index (Phi) is 8.26. The first-order valence-corrected chi connectivity index (χ1v) is 11.3. The van der Waals surface area contributed by atoms with Crippen LogP contribution in [0.3, 0.4) is 0 Å². The van der Waals surface area contributed by atoms with Crippen LogP contribution in [0.1, 0.15) is 17.0 Å². The number of ether oxygens (including phenoxy) is 2. The summed E-state index contributed by atoms with van der Waals surface area (Å²) in [5, 5.41) is 14.6. The van der Waals surface area contributed by atoms with Crippen LogP contribution in [0.5, 0.6) is 5.75 Å². The van der Waals surface area contributed by atoms with Crippen LogP contribution in [0.15, 0.2) is 59.1 Å². The molecule has 3 rings (SSSR count). The van der Waals surface area contributed by atoms with E-state index in [2.05, 4.69) is 10.6 Å². The van der Waals surface area contributed by atoms with Gasteiger partial charge in [0.15, 0.2) is 0 Å². The number of methoxy groups -OCH3 is 2. The van der Waals surface area contributed by atoms with Crippen LogP contribution in [0.4, 0.5) is 18.9 Å². The molecule has 2 aromatic rings. The summed E-state index contributed by atoms with van der Waals surface area (Å²) in [5.41, 5.74) is -0.964. The summed E-state index contributed by atoms with van der Waals surface area (Å²) in [6.45, 7) is 0. The summed E-state index contributed by atoms with van der Waals surface area (Å²) >= 11 is 0.757. The SMILES string of the molecule is COC(=O)C1C(=O)NC(SCC(=O)Nc2ccccc2C(F)(F)F)=C(C#N)C1c1ccc(OC)cc1. The summed E-state index contributed by atoms with van der Waals surface area (Å²) in [6.07, 6.45) is -4.67. The van der Waals surface area contributed by atoms with Gasteiger partial charge in [-0.25, -0.2) is 0 Å². The van der Waals surface area contributed by atoms with E-state index in [0.717, 1.165) is 31.0 Å². The van der Waals surface area contributed by atoms with Gasteiger partial charge < -0.3 is 20.1 Å². The van der Waals surface area contributed by atoms with Gasteiger partial charge in [-0.2, -0.15) is 18.4 Å². The summed E-state index contributed by atoms with van der Waals surface area (Å²) in [5.74, 6) is -4.66. The molecule has 0 saturated carbocycles. The van der Waals surface area contributed by atoms with Gasteiger partial charge in [-0.3, -0.25) is 14.4 Å². The number of nitrogens with one attached hydrogen (secondary N) is 2. The molecule has 0 fully saturated rings. The van der Waals surface area contributed by atoms with E-state index in [-0.39, 0.29) is 10.6 Å². The predicted octanol–water partition coefficient (Wildman–Crippen LogP) is 3.82. The number of anilines is 1. The minimum absolute atomic E-state index is 0.00339. The van der Waals surface area contributed by atoms with E-state index >= 15 is 0 Å². The van der Waals surface area contributed by atoms with E-state index in [9.17, 15) is 32.8 Å². The third-order valence-corrected chi connectivity index (χ3v) is 6.33. The molecule has 2 amide bonds. The highest BCUT2D eigenvalue weighted by molar-refractivity contribution is 8.03. The van der Waals surface area contributed by atoms with Crippen LogP contribution in [0, 0.1) is 17.2 Å². The smallest absolute Gasteiger partial charge is 0.418 e. The average molecular weight is 520 g/mol. The van der Waals surface area contributed by atoms with Gasteiger partial charge in [0.2, 0.25) is 11.8 Å². The molecular formula is C24H20F3N3O5S. The standard InChI is InChI=1S/C24H20F3N3O5S/c1-34-14-9-7-13(8-10-14)19-15(11-28)22(30-21(32)20(19)23(33)35-2)36-12-18(31)29-17-6-4-3-5-16(17)24(25,26)27/h3-10,19-20H,12H2,1-2H3,(H,29,31)(H,30,32). The molecule has 0 aliphatic carbocycles. The Labute approximate surface area is 208 Å². The lowest BCUT2D eigenvalue weighted by Crippen LogP contribution is -2.44. The molecule has 1 aliphatic heterocycles. The summed E-state index contributed by atoms with van der Waals surface area (Å²) in [7, 11) is 2.58. The van der Waals surface area contributed by atoms with Crippen LogP contribution in [-0.4, -0.2) is 37.8 Å². The molecule has 12 heteroatoms. The van der Waals surface area contributed by atoms with Gasteiger partial charge in [0.05, 0.1) is 47.9 Å². The predicted molar refractivity (Wildman–Crippen MR) is 125 cm³/mol. The number of benzene rings is 2. The van der Waals surface area contributed by atoms with Crippen molar-refractivity contribution in [2.24, 2.45) is 5.92 Å². The average Bonchev–Trinajstić information content (AvgIpc) is 2.86. The van der Waals surface area contributed by atoms with Gasteiger partial charge in [0, 0.05) is 5.92 Å². The third kappa shape index (κ3) is 5.80. The van der Waals surface area contributed by atoms with Crippen molar-refractivity contribution in [3.63, 3.8) is 0 Å². The van der Waals surface area contributed by atoms with Crippen LogP contribution in [-0.2, 0) is 25.3 Å². The number of nitriles is 1. The number of carbonyl (C=O) groups is 3. The second-order valence-electron chi connectivity index (χ2n) is 7.48. The zero-order valence-corrected chi connectivity index (χ0v) is 19.8. The Morgan fingerprint density at radius 3 is 2.39 bits per heavy atom. The Bertz CT molecular complexity index is 1240. The monoisotopic (exact) mass is 519 g/mol. The maximum absolute atomic E-state index is 13.2. The lowest BCUT2D eigenvalue weighted by molar-refractivity contribution is -0.150. The number of thioether (sulfide) groups is 1. The molecule has 0 aromatic heterocycles.